The Morgan fingerprint density at radius 3 is 2.29 bits per heavy atom. The minimum absolute atomic E-state index is 0.304. The van der Waals surface area contributed by atoms with E-state index in [4.69, 9.17) is 9.47 Å². The highest BCUT2D eigenvalue weighted by molar-refractivity contribution is 6.08. The summed E-state index contributed by atoms with van der Waals surface area (Å²) >= 11 is 0. The molecule has 154 valence electrons. The van der Waals surface area contributed by atoms with Gasteiger partial charge in [0.1, 0.15) is 12.4 Å². The van der Waals surface area contributed by atoms with Crippen LogP contribution in [0.15, 0.2) is 91.0 Å². The molecule has 5 heteroatoms. The molecule has 0 spiro atoms. The third-order valence-corrected chi connectivity index (χ3v) is 4.92. The first-order valence-electron chi connectivity index (χ1n) is 9.83. The standard InChI is InChI=1S/C26H21NO4/c1-30-26(29)23-8-4-5-9-24(23)27-25(28)20-12-10-18(11-13-20)17-31-22-15-14-19-6-2-3-7-21(19)16-22/h2-16H,17H2,1H3,(H,27,28). The number of benzene rings is 4. The lowest BCUT2D eigenvalue weighted by Crippen LogP contribution is -2.15. The van der Waals surface area contributed by atoms with Crippen molar-refractivity contribution in [1.29, 1.82) is 0 Å². The molecule has 0 heterocycles. The Labute approximate surface area is 180 Å². The van der Waals surface area contributed by atoms with Crippen LogP contribution >= 0.6 is 0 Å². The van der Waals surface area contributed by atoms with Crippen LogP contribution in [0.2, 0.25) is 0 Å². The molecule has 0 radical (unpaired) electrons. The molecule has 4 aromatic rings. The second kappa shape index (κ2) is 9.13. The lowest BCUT2D eigenvalue weighted by atomic mass is 10.1. The molecule has 0 saturated heterocycles. The maximum Gasteiger partial charge on any atom is 0.339 e. The quantitative estimate of drug-likeness (QED) is 0.428. The summed E-state index contributed by atoms with van der Waals surface area (Å²) in [5, 5.41) is 5.06. The Balaban J connectivity index is 1.41. The lowest BCUT2D eigenvalue weighted by molar-refractivity contribution is 0.0602. The first kappa shape index (κ1) is 20.2. The van der Waals surface area contributed by atoms with E-state index in [1.54, 1.807) is 36.4 Å². The maximum absolute atomic E-state index is 12.6. The van der Waals surface area contributed by atoms with Crippen molar-refractivity contribution >= 4 is 28.3 Å². The zero-order valence-corrected chi connectivity index (χ0v) is 17.0. The fourth-order valence-electron chi connectivity index (χ4n) is 3.25. The van der Waals surface area contributed by atoms with Crippen LogP contribution in [0.5, 0.6) is 5.75 Å². The molecule has 0 aromatic heterocycles. The highest BCUT2D eigenvalue weighted by atomic mass is 16.5. The number of rotatable bonds is 6. The topological polar surface area (TPSA) is 64.6 Å². The fourth-order valence-corrected chi connectivity index (χ4v) is 3.25. The average molecular weight is 411 g/mol. The Morgan fingerprint density at radius 1 is 0.806 bits per heavy atom. The molecule has 4 aromatic carbocycles. The summed E-state index contributed by atoms with van der Waals surface area (Å²) < 4.78 is 10.7. The van der Waals surface area contributed by atoms with Crippen molar-refractivity contribution < 1.29 is 19.1 Å². The van der Waals surface area contributed by atoms with Crippen LogP contribution < -0.4 is 10.1 Å². The van der Waals surface area contributed by atoms with Crippen molar-refractivity contribution in [3.05, 3.63) is 108 Å². The van der Waals surface area contributed by atoms with Crippen LogP contribution in [-0.2, 0) is 11.3 Å². The molecular weight excluding hydrogens is 390 g/mol. The van der Waals surface area contributed by atoms with Gasteiger partial charge < -0.3 is 14.8 Å². The number of hydrogen-bond acceptors (Lipinski definition) is 4. The molecule has 0 aliphatic heterocycles. The summed E-state index contributed by atoms with van der Waals surface area (Å²) in [5.74, 6) is -0.0182. The lowest BCUT2D eigenvalue weighted by Gasteiger charge is -2.10. The van der Waals surface area contributed by atoms with Crippen LogP contribution in [0.25, 0.3) is 10.8 Å². The fraction of sp³-hybridized carbons (Fsp3) is 0.0769. The number of carbonyl (C=O) groups excluding carboxylic acids is 2. The molecule has 0 saturated carbocycles. The average Bonchev–Trinajstić information content (AvgIpc) is 2.82. The molecule has 1 N–H and O–H groups in total. The van der Waals surface area contributed by atoms with E-state index in [2.05, 4.69) is 11.4 Å². The summed E-state index contributed by atoms with van der Waals surface area (Å²) in [6.07, 6.45) is 0. The third kappa shape index (κ3) is 4.73. The Hall–Kier alpha value is -4.12. The number of fused-ring (bicyclic) bond motifs is 1. The number of ether oxygens (including phenoxy) is 2. The summed E-state index contributed by atoms with van der Waals surface area (Å²) in [4.78, 5) is 24.5. The third-order valence-electron chi connectivity index (χ3n) is 4.92. The summed E-state index contributed by atoms with van der Waals surface area (Å²) in [5.41, 5.74) is 2.13. The number of nitrogens with one attached hydrogen (secondary N) is 1. The van der Waals surface area contributed by atoms with E-state index in [-0.39, 0.29) is 5.91 Å². The Kier molecular flexibility index (Phi) is 5.94. The van der Waals surface area contributed by atoms with E-state index >= 15 is 0 Å². The molecule has 4 rings (SSSR count). The first-order valence-corrected chi connectivity index (χ1v) is 9.83. The molecule has 31 heavy (non-hydrogen) atoms. The van der Waals surface area contributed by atoms with Crippen molar-refractivity contribution in [1.82, 2.24) is 0 Å². The van der Waals surface area contributed by atoms with Gasteiger partial charge in [-0.15, -0.1) is 0 Å². The minimum atomic E-state index is -0.503. The van der Waals surface area contributed by atoms with Crippen LogP contribution in [-0.4, -0.2) is 19.0 Å². The molecular formula is C26H21NO4. The molecule has 0 aliphatic carbocycles. The van der Waals surface area contributed by atoms with Crippen LogP contribution in [0.1, 0.15) is 26.3 Å². The highest BCUT2D eigenvalue weighted by Gasteiger charge is 2.14. The first-order chi connectivity index (χ1) is 15.1. The van der Waals surface area contributed by atoms with E-state index in [1.165, 1.54) is 12.5 Å². The predicted octanol–water partition coefficient (Wildman–Crippen LogP) is 5.46. The van der Waals surface area contributed by atoms with Gasteiger partial charge in [0, 0.05) is 5.56 Å². The summed E-state index contributed by atoms with van der Waals surface area (Å²) in [7, 11) is 1.31. The van der Waals surface area contributed by atoms with Crippen molar-refractivity contribution in [2.45, 2.75) is 6.61 Å². The van der Waals surface area contributed by atoms with E-state index in [0.717, 1.165) is 16.7 Å². The normalized spacial score (nSPS) is 10.5. The minimum Gasteiger partial charge on any atom is -0.489 e. The van der Waals surface area contributed by atoms with E-state index in [0.29, 0.717) is 23.4 Å². The van der Waals surface area contributed by atoms with Crippen molar-refractivity contribution in [2.24, 2.45) is 0 Å². The number of methoxy groups -OCH3 is 1. The number of amides is 1. The smallest absolute Gasteiger partial charge is 0.339 e. The van der Waals surface area contributed by atoms with Gasteiger partial charge in [-0.25, -0.2) is 4.79 Å². The maximum atomic E-state index is 12.6. The van der Waals surface area contributed by atoms with Gasteiger partial charge in [-0.05, 0) is 52.7 Å². The van der Waals surface area contributed by atoms with Crippen molar-refractivity contribution in [2.75, 3.05) is 12.4 Å². The number of hydrogen-bond donors (Lipinski definition) is 1. The zero-order chi connectivity index (χ0) is 21.6. The van der Waals surface area contributed by atoms with Gasteiger partial charge in [-0.2, -0.15) is 0 Å². The number of carbonyl (C=O) groups is 2. The summed E-state index contributed by atoms with van der Waals surface area (Å²) in [6.45, 7) is 0.394. The second-order valence-electron chi connectivity index (χ2n) is 6.99. The van der Waals surface area contributed by atoms with E-state index < -0.39 is 5.97 Å². The predicted molar refractivity (Wildman–Crippen MR) is 120 cm³/mol. The molecule has 0 fully saturated rings. The molecule has 5 nitrogen and oxygen atoms in total. The molecule has 1 amide bonds. The van der Waals surface area contributed by atoms with Crippen LogP contribution in [0.4, 0.5) is 5.69 Å². The SMILES string of the molecule is COC(=O)c1ccccc1NC(=O)c1ccc(COc2ccc3ccccc3c2)cc1. The molecule has 0 bridgehead atoms. The number of esters is 1. The van der Waals surface area contributed by atoms with Crippen molar-refractivity contribution in [3.63, 3.8) is 0 Å². The van der Waals surface area contributed by atoms with E-state index in [9.17, 15) is 9.59 Å². The number of para-hydroxylation sites is 1. The van der Waals surface area contributed by atoms with E-state index in [1.807, 2.05) is 48.5 Å². The van der Waals surface area contributed by atoms with Crippen LogP contribution in [0.3, 0.4) is 0 Å². The van der Waals surface area contributed by atoms with Gasteiger partial charge in [0.15, 0.2) is 0 Å². The highest BCUT2D eigenvalue weighted by Crippen LogP contribution is 2.22. The van der Waals surface area contributed by atoms with Gasteiger partial charge in [-0.3, -0.25) is 4.79 Å². The second-order valence-corrected chi connectivity index (χ2v) is 6.99. The van der Waals surface area contributed by atoms with Gasteiger partial charge in [0.05, 0.1) is 18.4 Å². The largest absolute Gasteiger partial charge is 0.489 e. The molecule has 0 unspecified atom stereocenters. The number of anilines is 1. The Bertz CT molecular complexity index is 1230. The van der Waals surface area contributed by atoms with Crippen molar-refractivity contribution in [3.8, 4) is 5.75 Å². The van der Waals surface area contributed by atoms with Gasteiger partial charge >= 0.3 is 5.97 Å². The van der Waals surface area contributed by atoms with Crippen LogP contribution in [0, 0.1) is 0 Å². The van der Waals surface area contributed by atoms with Gasteiger partial charge in [-0.1, -0.05) is 54.6 Å². The monoisotopic (exact) mass is 411 g/mol. The molecule has 0 atom stereocenters. The summed E-state index contributed by atoms with van der Waals surface area (Å²) in [6, 6.07) is 28.0. The molecule has 0 aliphatic rings. The van der Waals surface area contributed by atoms with Gasteiger partial charge in [0.2, 0.25) is 0 Å². The van der Waals surface area contributed by atoms with Gasteiger partial charge in [0.25, 0.3) is 5.91 Å². The zero-order valence-electron chi connectivity index (χ0n) is 17.0. The Morgan fingerprint density at radius 2 is 1.52 bits per heavy atom.